The van der Waals surface area contributed by atoms with Crippen molar-refractivity contribution in [3.05, 3.63) is 35.4 Å². The van der Waals surface area contributed by atoms with Crippen LogP contribution in [0.15, 0.2) is 24.3 Å². The maximum absolute atomic E-state index is 13.2. The first-order valence-corrected chi connectivity index (χ1v) is 10.4. The first kappa shape index (κ1) is 17.6. The Labute approximate surface area is 156 Å². The Balaban J connectivity index is 1.59. The van der Waals surface area contributed by atoms with Gasteiger partial charge in [0.2, 0.25) is 5.91 Å². The summed E-state index contributed by atoms with van der Waals surface area (Å²) in [5.41, 5.74) is 1.61. The molecule has 2 fully saturated rings. The molecule has 0 radical (unpaired) electrons. The molecule has 2 saturated carbocycles. The largest absolute Gasteiger partial charge is 0.351 e. The number of hydrogen-bond acceptors (Lipinski definition) is 2. The van der Waals surface area contributed by atoms with Gasteiger partial charge >= 0.3 is 0 Å². The zero-order valence-corrected chi connectivity index (χ0v) is 15.7. The smallest absolute Gasteiger partial charge is 0.255 e. The van der Waals surface area contributed by atoms with E-state index in [-0.39, 0.29) is 23.9 Å². The van der Waals surface area contributed by atoms with Crippen LogP contribution >= 0.6 is 0 Å². The van der Waals surface area contributed by atoms with E-state index in [2.05, 4.69) is 12.2 Å². The molecule has 4 heteroatoms. The third-order valence-electron chi connectivity index (χ3n) is 6.58. The van der Waals surface area contributed by atoms with Gasteiger partial charge in [-0.1, -0.05) is 44.4 Å². The van der Waals surface area contributed by atoms with E-state index in [0.717, 1.165) is 55.6 Å². The lowest BCUT2D eigenvalue weighted by atomic mass is 9.86. The van der Waals surface area contributed by atoms with Crippen molar-refractivity contribution in [2.75, 3.05) is 0 Å². The zero-order valence-electron chi connectivity index (χ0n) is 15.7. The molecule has 1 aliphatic heterocycles. The summed E-state index contributed by atoms with van der Waals surface area (Å²) in [5.74, 6) is 0.790. The summed E-state index contributed by atoms with van der Waals surface area (Å²) < 4.78 is 0. The van der Waals surface area contributed by atoms with Crippen LogP contribution in [0.3, 0.4) is 0 Å². The van der Waals surface area contributed by atoms with E-state index < -0.39 is 6.04 Å². The Bertz CT molecular complexity index is 672. The molecule has 2 aliphatic carbocycles. The van der Waals surface area contributed by atoms with Crippen LogP contribution in [-0.2, 0) is 4.79 Å². The van der Waals surface area contributed by atoms with Gasteiger partial charge < -0.3 is 10.2 Å². The van der Waals surface area contributed by atoms with Crippen LogP contribution in [0.5, 0.6) is 0 Å². The number of carbonyl (C=O) groups is 2. The van der Waals surface area contributed by atoms with Crippen LogP contribution in [0.25, 0.3) is 0 Å². The van der Waals surface area contributed by atoms with Gasteiger partial charge in [0.25, 0.3) is 5.91 Å². The molecule has 4 nitrogen and oxygen atoms in total. The molecule has 26 heavy (non-hydrogen) atoms. The van der Waals surface area contributed by atoms with Gasteiger partial charge in [0.05, 0.1) is 0 Å². The average molecular weight is 354 g/mol. The predicted molar refractivity (Wildman–Crippen MR) is 102 cm³/mol. The maximum atomic E-state index is 13.2. The molecule has 4 rings (SSSR count). The van der Waals surface area contributed by atoms with Crippen molar-refractivity contribution in [3.8, 4) is 0 Å². The quantitative estimate of drug-likeness (QED) is 0.884. The van der Waals surface area contributed by atoms with Crippen LogP contribution in [0.1, 0.15) is 86.7 Å². The predicted octanol–water partition coefficient (Wildman–Crippen LogP) is 4.21. The van der Waals surface area contributed by atoms with E-state index in [1.165, 1.54) is 19.3 Å². The minimum absolute atomic E-state index is 0.0221. The van der Waals surface area contributed by atoms with E-state index in [0.29, 0.717) is 0 Å². The van der Waals surface area contributed by atoms with E-state index >= 15 is 0 Å². The second-order valence-electron chi connectivity index (χ2n) is 8.46. The lowest BCUT2D eigenvalue weighted by Crippen LogP contribution is -2.48. The second-order valence-corrected chi connectivity index (χ2v) is 8.46. The van der Waals surface area contributed by atoms with E-state index in [4.69, 9.17) is 0 Å². The third-order valence-corrected chi connectivity index (χ3v) is 6.58. The number of benzene rings is 1. The lowest BCUT2D eigenvalue weighted by molar-refractivity contribution is -0.127. The second kappa shape index (κ2) is 7.42. The van der Waals surface area contributed by atoms with Crippen molar-refractivity contribution in [1.82, 2.24) is 10.2 Å². The Kier molecular flexibility index (Phi) is 5.01. The molecule has 3 aliphatic rings. The van der Waals surface area contributed by atoms with E-state index in [1.807, 2.05) is 29.2 Å². The summed E-state index contributed by atoms with van der Waals surface area (Å²) in [6.07, 6.45) is 10.1. The maximum Gasteiger partial charge on any atom is 0.255 e. The molecule has 1 unspecified atom stereocenters. The first-order chi connectivity index (χ1) is 12.6. The Morgan fingerprint density at radius 2 is 1.69 bits per heavy atom. The first-order valence-electron chi connectivity index (χ1n) is 10.4. The van der Waals surface area contributed by atoms with Gasteiger partial charge in [-0.25, -0.2) is 0 Å². The third kappa shape index (κ3) is 3.26. The van der Waals surface area contributed by atoms with E-state index in [9.17, 15) is 9.59 Å². The fraction of sp³-hybridized carbons (Fsp3) is 0.636. The molecule has 140 valence electrons. The van der Waals surface area contributed by atoms with E-state index in [1.54, 1.807) is 0 Å². The topological polar surface area (TPSA) is 49.4 Å². The zero-order chi connectivity index (χ0) is 18.1. The Morgan fingerprint density at radius 1 is 1.00 bits per heavy atom. The molecular weight excluding hydrogens is 324 g/mol. The van der Waals surface area contributed by atoms with Crippen molar-refractivity contribution in [2.45, 2.75) is 82.8 Å². The van der Waals surface area contributed by atoms with Crippen molar-refractivity contribution in [3.63, 3.8) is 0 Å². The minimum Gasteiger partial charge on any atom is -0.351 e. The number of hydrogen-bond donors (Lipinski definition) is 1. The van der Waals surface area contributed by atoms with Gasteiger partial charge in [0.1, 0.15) is 6.04 Å². The highest BCUT2D eigenvalue weighted by molar-refractivity contribution is 6.04. The van der Waals surface area contributed by atoms with Crippen LogP contribution in [0.2, 0.25) is 0 Å². The van der Waals surface area contributed by atoms with Crippen molar-refractivity contribution in [1.29, 1.82) is 0 Å². The van der Waals surface area contributed by atoms with Gasteiger partial charge in [-0.2, -0.15) is 0 Å². The van der Waals surface area contributed by atoms with Gasteiger partial charge in [0.15, 0.2) is 0 Å². The summed E-state index contributed by atoms with van der Waals surface area (Å²) in [7, 11) is 0. The fourth-order valence-electron chi connectivity index (χ4n) is 5.03. The number of rotatable bonds is 3. The molecule has 0 spiro atoms. The summed E-state index contributed by atoms with van der Waals surface area (Å²) in [4.78, 5) is 28.3. The van der Waals surface area contributed by atoms with Crippen LogP contribution < -0.4 is 5.32 Å². The number of amides is 2. The molecule has 0 saturated heterocycles. The number of fused-ring (bicyclic) bond motifs is 1. The highest BCUT2D eigenvalue weighted by atomic mass is 16.2. The summed E-state index contributed by atoms with van der Waals surface area (Å²) in [5, 5.41) is 3.27. The van der Waals surface area contributed by atoms with Crippen molar-refractivity contribution >= 4 is 11.8 Å². The lowest BCUT2D eigenvalue weighted by Gasteiger charge is -2.37. The average Bonchev–Trinajstić information content (AvgIpc) is 2.96. The van der Waals surface area contributed by atoms with Crippen LogP contribution in [0.4, 0.5) is 0 Å². The molecule has 1 heterocycles. The monoisotopic (exact) mass is 354 g/mol. The summed E-state index contributed by atoms with van der Waals surface area (Å²) in [6, 6.07) is 7.70. The van der Waals surface area contributed by atoms with Gasteiger partial charge in [-0.3, -0.25) is 9.59 Å². The summed E-state index contributed by atoms with van der Waals surface area (Å²) in [6.45, 7) is 2.28. The van der Waals surface area contributed by atoms with Gasteiger partial charge in [-0.05, 0) is 56.1 Å². The highest BCUT2D eigenvalue weighted by Gasteiger charge is 2.45. The minimum atomic E-state index is -0.445. The SMILES string of the molecule is CC1CCC(N2C(=O)c3ccccc3C2C(=O)NC2CCCCC2)CC1. The Hall–Kier alpha value is -1.84. The molecule has 0 aromatic heterocycles. The molecule has 1 aromatic rings. The standard InChI is InChI=1S/C22H30N2O2/c1-15-11-13-17(14-12-15)24-20(18-9-5-6-10-19(18)22(24)26)21(25)23-16-7-3-2-4-8-16/h5-6,9-10,15-17,20H,2-4,7-8,11-14H2,1H3,(H,23,25). The molecule has 1 N–H and O–H groups in total. The normalized spacial score (nSPS) is 29.5. The number of nitrogens with zero attached hydrogens (tertiary/aromatic N) is 1. The Morgan fingerprint density at radius 3 is 2.42 bits per heavy atom. The van der Waals surface area contributed by atoms with Crippen molar-refractivity contribution in [2.24, 2.45) is 5.92 Å². The van der Waals surface area contributed by atoms with Crippen LogP contribution in [-0.4, -0.2) is 28.8 Å². The molecule has 1 atom stereocenters. The highest BCUT2D eigenvalue weighted by Crippen LogP contribution is 2.40. The van der Waals surface area contributed by atoms with Crippen molar-refractivity contribution < 1.29 is 9.59 Å². The molecule has 1 aromatic carbocycles. The fourth-order valence-corrected chi connectivity index (χ4v) is 5.03. The van der Waals surface area contributed by atoms with Crippen LogP contribution in [0, 0.1) is 5.92 Å². The number of carbonyl (C=O) groups excluding carboxylic acids is 2. The molecular formula is C22H30N2O2. The van der Waals surface area contributed by atoms with Gasteiger partial charge in [0, 0.05) is 17.6 Å². The molecule has 2 amide bonds. The van der Waals surface area contributed by atoms with Gasteiger partial charge in [-0.15, -0.1) is 0 Å². The number of nitrogens with one attached hydrogen (secondary N) is 1. The molecule has 0 bridgehead atoms. The summed E-state index contributed by atoms with van der Waals surface area (Å²) >= 11 is 0.